The Hall–Kier alpha value is -2.67. The molecule has 0 unspecified atom stereocenters. The summed E-state index contributed by atoms with van der Waals surface area (Å²) in [5.41, 5.74) is 1.64. The Bertz CT molecular complexity index is 822. The molecule has 120 valence electrons. The van der Waals surface area contributed by atoms with Crippen molar-refractivity contribution in [3.8, 4) is 0 Å². The molecule has 0 aliphatic heterocycles. The maximum atomic E-state index is 12.4. The van der Waals surface area contributed by atoms with Crippen molar-refractivity contribution < 1.29 is 14.1 Å². The van der Waals surface area contributed by atoms with Crippen LogP contribution in [0.4, 0.5) is 0 Å². The number of aromatic nitrogens is 3. The molecule has 0 spiro atoms. The molecular weight excluding hydrogens is 296 g/mol. The maximum Gasteiger partial charge on any atom is 0.253 e. The number of ether oxygens (including phenoxy) is 1. The zero-order chi connectivity index (χ0) is 16.2. The number of fused-ring (bicyclic) bond motifs is 1. The van der Waals surface area contributed by atoms with Gasteiger partial charge in [0.05, 0.1) is 18.7 Å². The Kier molecular flexibility index (Phi) is 4.38. The third kappa shape index (κ3) is 3.24. The summed E-state index contributed by atoms with van der Waals surface area (Å²) in [5.74, 6) is 0.782. The van der Waals surface area contributed by atoms with Crippen LogP contribution in [0.3, 0.4) is 0 Å². The van der Waals surface area contributed by atoms with Gasteiger partial charge >= 0.3 is 0 Å². The first-order chi connectivity index (χ1) is 11.2. The Morgan fingerprint density at radius 1 is 1.39 bits per heavy atom. The summed E-state index contributed by atoms with van der Waals surface area (Å²) in [5, 5.41) is 7.56. The lowest BCUT2D eigenvalue weighted by Gasteiger charge is -2.00. The SMILES string of the molecule is COCCc1noc(CNC(=O)c2cn(C)c3ccccc23)n1. The highest BCUT2D eigenvalue weighted by Gasteiger charge is 2.14. The number of nitrogens with zero attached hydrogens (tertiary/aromatic N) is 3. The van der Waals surface area contributed by atoms with Gasteiger partial charge in [0.2, 0.25) is 5.89 Å². The van der Waals surface area contributed by atoms with Crippen LogP contribution >= 0.6 is 0 Å². The van der Waals surface area contributed by atoms with Crippen LogP contribution in [-0.4, -0.2) is 34.3 Å². The Morgan fingerprint density at radius 2 is 2.22 bits per heavy atom. The fourth-order valence-corrected chi connectivity index (χ4v) is 2.43. The number of rotatable bonds is 6. The lowest BCUT2D eigenvalue weighted by molar-refractivity contribution is 0.0947. The van der Waals surface area contributed by atoms with Gasteiger partial charge in [0, 0.05) is 37.7 Å². The average molecular weight is 314 g/mol. The molecule has 0 fully saturated rings. The zero-order valence-electron chi connectivity index (χ0n) is 13.1. The van der Waals surface area contributed by atoms with Crippen molar-refractivity contribution in [2.45, 2.75) is 13.0 Å². The number of hydrogen-bond acceptors (Lipinski definition) is 5. The molecule has 0 bridgehead atoms. The monoisotopic (exact) mass is 314 g/mol. The van der Waals surface area contributed by atoms with Crippen LogP contribution in [0.1, 0.15) is 22.1 Å². The number of hydrogen-bond donors (Lipinski definition) is 1. The van der Waals surface area contributed by atoms with Crippen LogP contribution in [0.25, 0.3) is 10.9 Å². The molecule has 0 saturated heterocycles. The van der Waals surface area contributed by atoms with Crippen molar-refractivity contribution in [1.82, 2.24) is 20.0 Å². The molecule has 7 heteroatoms. The predicted molar refractivity (Wildman–Crippen MR) is 84.0 cm³/mol. The molecule has 0 aliphatic rings. The smallest absolute Gasteiger partial charge is 0.253 e. The molecule has 0 aliphatic carbocycles. The summed E-state index contributed by atoms with van der Waals surface area (Å²) in [6.07, 6.45) is 2.40. The van der Waals surface area contributed by atoms with Gasteiger partial charge < -0.3 is 19.1 Å². The minimum Gasteiger partial charge on any atom is -0.384 e. The number of nitrogens with one attached hydrogen (secondary N) is 1. The largest absolute Gasteiger partial charge is 0.384 e. The molecule has 1 N–H and O–H groups in total. The Labute approximate surface area is 133 Å². The highest BCUT2D eigenvalue weighted by atomic mass is 16.5. The van der Waals surface area contributed by atoms with Gasteiger partial charge in [-0.15, -0.1) is 0 Å². The summed E-state index contributed by atoms with van der Waals surface area (Å²) in [4.78, 5) is 16.6. The molecular formula is C16H18N4O3. The number of benzene rings is 1. The number of carbonyl (C=O) groups is 1. The minimum atomic E-state index is -0.168. The molecule has 0 radical (unpaired) electrons. The highest BCUT2D eigenvalue weighted by Crippen LogP contribution is 2.20. The Balaban J connectivity index is 1.68. The van der Waals surface area contributed by atoms with E-state index >= 15 is 0 Å². The lowest BCUT2D eigenvalue weighted by Crippen LogP contribution is -2.22. The Morgan fingerprint density at radius 3 is 3.04 bits per heavy atom. The van der Waals surface area contributed by atoms with Crippen LogP contribution in [0.2, 0.25) is 0 Å². The van der Waals surface area contributed by atoms with E-state index in [0.717, 1.165) is 10.9 Å². The highest BCUT2D eigenvalue weighted by molar-refractivity contribution is 6.06. The van der Waals surface area contributed by atoms with Crippen LogP contribution in [0.5, 0.6) is 0 Å². The van der Waals surface area contributed by atoms with E-state index in [2.05, 4.69) is 15.5 Å². The molecule has 3 aromatic rings. The van der Waals surface area contributed by atoms with E-state index in [1.807, 2.05) is 42.1 Å². The van der Waals surface area contributed by atoms with Gasteiger partial charge in [-0.1, -0.05) is 23.4 Å². The third-order valence-electron chi connectivity index (χ3n) is 3.58. The predicted octanol–water partition coefficient (Wildman–Crippen LogP) is 1.68. The number of para-hydroxylation sites is 1. The van der Waals surface area contributed by atoms with E-state index in [0.29, 0.717) is 30.3 Å². The molecule has 1 amide bonds. The second-order valence-corrected chi connectivity index (χ2v) is 5.20. The van der Waals surface area contributed by atoms with Crippen LogP contribution in [0.15, 0.2) is 35.0 Å². The summed E-state index contributed by atoms with van der Waals surface area (Å²) < 4.78 is 12.0. The molecule has 2 heterocycles. The quantitative estimate of drug-likeness (QED) is 0.748. The summed E-state index contributed by atoms with van der Waals surface area (Å²) in [6.45, 7) is 0.726. The van der Waals surface area contributed by atoms with Gasteiger partial charge in [-0.25, -0.2) is 0 Å². The first-order valence-electron chi connectivity index (χ1n) is 7.31. The van der Waals surface area contributed by atoms with E-state index in [9.17, 15) is 4.79 Å². The van der Waals surface area contributed by atoms with Crippen LogP contribution in [0, 0.1) is 0 Å². The van der Waals surface area contributed by atoms with Crippen molar-refractivity contribution >= 4 is 16.8 Å². The average Bonchev–Trinajstić information content (AvgIpc) is 3.16. The first-order valence-corrected chi connectivity index (χ1v) is 7.31. The van der Waals surface area contributed by atoms with Gasteiger partial charge in [-0.3, -0.25) is 4.79 Å². The molecule has 23 heavy (non-hydrogen) atoms. The second-order valence-electron chi connectivity index (χ2n) is 5.20. The van der Waals surface area contributed by atoms with Crippen molar-refractivity contribution in [3.63, 3.8) is 0 Å². The fourth-order valence-electron chi connectivity index (χ4n) is 2.43. The van der Waals surface area contributed by atoms with E-state index in [1.54, 1.807) is 7.11 Å². The van der Waals surface area contributed by atoms with Crippen LogP contribution in [-0.2, 0) is 24.8 Å². The second kappa shape index (κ2) is 6.62. The van der Waals surface area contributed by atoms with Gasteiger partial charge in [0.25, 0.3) is 5.91 Å². The number of amides is 1. The molecule has 3 rings (SSSR count). The fraction of sp³-hybridized carbons (Fsp3) is 0.312. The molecule has 0 saturated carbocycles. The zero-order valence-corrected chi connectivity index (χ0v) is 13.1. The topological polar surface area (TPSA) is 82.2 Å². The van der Waals surface area contributed by atoms with E-state index in [1.165, 1.54) is 0 Å². The van der Waals surface area contributed by atoms with Gasteiger partial charge in [-0.2, -0.15) is 4.98 Å². The summed E-state index contributed by atoms with van der Waals surface area (Å²) in [7, 11) is 3.53. The van der Waals surface area contributed by atoms with Crippen molar-refractivity contribution in [3.05, 3.63) is 47.7 Å². The van der Waals surface area contributed by atoms with E-state index < -0.39 is 0 Å². The van der Waals surface area contributed by atoms with Gasteiger partial charge in [0.15, 0.2) is 5.82 Å². The molecule has 2 aromatic heterocycles. The van der Waals surface area contributed by atoms with E-state index in [-0.39, 0.29) is 12.5 Å². The maximum absolute atomic E-state index is 12.4. The number of aryl methyl sites for hydroxylation is 1. The molecule has 0 atom stereocenters. The minimum absolute atomic E-state index is 0.168. The first kappa shape index (κ1) is 15.2. The standard InChI is InChI=1S/C16H18N4O3/c1-20-10-12(11-5-3-4-6-13(11)20)16(21)17-9-15-18-14(19-23-15)7-8-22-2/h3-6,10H,7-9H2,1-2H3,(H,17,21). The van der Waals surface area contributed by atoms with Crippen LogP contribution < -0.4 is 5.32 Å². The van der Waals surface area contributed by atoms with Crippen molar-refractivity contribution in [1.29, 1.82) is 0 Å². The molecule has 7 nitrogen and oxygen atoms in total. The van der Waals surface area contributed by atoms with E-state index in [4.69, 9.17) is 9.26 Å². The van der Waals surface area contributed by atoms with Gasteiger partial charge in [-0.05, 0) is 6.07 Å². The summed E-state index contributed by atoms with van der Waals surface area (Å²) in [6, 6.07) is 7.77. The van der Waals surface area contributed by atoms with Crippen molar-refractivity contribution in [2.75, 3.05) is 13.7 Å². The number of methoxy groups -OCH3 is 1. The number of carbonyl (C=O) groups excluding carboxylic acids is 1. The van der Waals surface area contributed by atoms with Crippen molar-refractivity contribution in [2.24, 2.45) is 7.05 Å². The normalized spacial score (nSPS) is 11.0. The third-order valence-corrected chi connectivity index (χ3v) is 3.58. The summed E-state index contributed by atoms with van der Waals surface area (Å²) >= 11 is 0. The lowest BCUT2D eigenvalue weighted by atomic mass is 10.1. The van der Waals surface area contributed by atoms with Gasteiger partial charge in [0.1, 0.15) is 0 Å². The molecule has 1 aromatic carbocycles.